The fraction of sp³-hybridized carbons (Fsp3) is 0.0526. The fourth-order valence-corrected chi connectivity index (χ4v) is 3.04. The molecule has 0 aliphatic rings. The van der Waals surface area contributed by atoms with Gasteiger partial charge in [-0.2, -0.15) is 0 Å². The molecule has 0 atom stereocenters. The van der Waals surface area contributed by atoms with E-state index in [1.165, 1.54) is 0 Å². The number of benzene rings is 3. The molecule has 0 aliphatic heterocycles. The van der Waals surface area contributed by atoms with Crippen LogP contribution in [0.2, 0.25) is 0 Å². The second kappa shape index (κ2) is 7.50. The number of halogens is 2. The Morgan fingerprint density at radius 2 is 1.14 bits per heavy atom. The minimum absolute atomic E-state index is 0.0439. The lowest BCUT2D eigenvalue weighted by Gasteiger charge is -2.19. The zero-order chi connectivity index (χ0) is 21.3. The van der Waals surface area contributed by atoms with Crippen molar-refractivity contribution in [1.29, 1.82) is 0 Å². The number of nitrogens with zero attached hydrogens (tertiary/aromatic N) is 2. The van der Waals surface area contributed by atoms with Crippen LogP contribution in [0.15, 0.2) is 54.6 Å². The van der Waals surface area contributed by atoms with Gasteiger partial charge in [0.2, 0.25) is 11.5 Å². The van der Waals surface area contributed by atoms with Crippen LogP contribution in [0, 0.1) is 31.9 Å². The molecule has 29 heavy (non-hydrogen) atoms. The van der Waals surface area contributed by atoms with E-state index >= 15 is 0 Å². The first-order valence-corrected chi connectivity index (χ1v) is 8.09. The maximum atomic E-state index is 14.2. The van der Waals surface area contributed by atoms with E-state index in [2.05, 4.69) is 0 Å². The molecule has 0 radical (unpaired) electrons. The highest BCUT2D eigenvalue weighted by Gasteiger charge is 2.28. The minimum Gasteiger partial charge on any atom is -0.500 e. The Morgan fingerprint density at radius 1 is 0.724 bits per heavy atom. The quantitative estimate of drug-likeness (QED) is 0.371. The Balaban J connectivity index is 2.32. The van der Waals surface area contributed by atoms with Gasteiger partial charge in [0.1, 0.15) is 0 Å². The highest BCUT2D eigenvalue weighted by molar-refractivity contribution is 5.57. The van der Waals surface area contributed by atoms with E-state index in [1.807, 2.05) is 0 Å². The normalized spacial score (nSPS) is 10.9. The monoisotopic (exact) mass is 402 g/mol. The summed E-state index contributed by atoms with van der Waals surface area (Å²) in [5.74, 6) is -5.92. The van der Waals surface area contributed by atoms with Gasteiger partial charge in [0.05, 0.1) is 9.85 Å². The van der Waals surface area contributed by atoms with Crippen LogP contribution < -0.4 is 0 Å². The fourth-order valence-electron chi connectivity index (χ4n) is 3.04. The molecule has 3 rings (SSSR count). The number of nitro groups is 2. The summed E-state index contributed by atoms with van der Waals surface area (Å²) in [6, 6.07) is 11.5. The SMILES string of the molecule is O=[N+]([O-])c1cc(C(c2ccccc2)c2cc(F)c(O)c([N+](=O)[O-])c2)cc(F)c1O. The Kier molecular flexibility index (Phi) is 5.09. The molecule has 0 aliphatic carbocycles. The van der Waals surface area contributed by atoms with Crippen molar-refractivity contribution in [1.82, 2.24) is 0 Å². The predicted octanol–water partition coefficient (Wildman–Crippen LogP) is 4.37. The predicted molar refractivity (Wildman–Crippen MR) is 96.8 cm³/mol. The van der Waals surface area contributed by atoms with E-state index in [0.29, 0.717) is 5.56 Å². The van der Waals surface area contributed by atoms with E-state index < -0.39 is 50.3 Å². The Hall–Kier alpha value is -4.08. The van der Waals surface area contributed by atoms with Crippen molar-refractivity contribution in [2.24, 2.45) is 0 Å². The van der Waals surface area contributed by atoms with Crippen LogP contribution in [0.4, 0.5) is 20.2 Å². The second-order valence-electron chi connectivity index (χ2n) is 6.10. The summed E-state index contributed by atoms with van der Waals surface area (Å²) in [4.78, 5) is 20.4. The minimum atomic E-state index is -1.27. The molecule has 0 saturated heterocycles. The average Bonchev–Trinajstić information content (AvgIpc) is 2.67. The summed E-state index contributed by atoms with van der Waals surface area (Å²) in [5.41, 5.74) is -1.48. The van der Waals surface area contributed by atoms with Crippen molar-refractivity contribution < 1.29 is 28.8 Å². The number of nitro benzene ring substituents is 2. The van der Waals surface area contributed by atoms with Gasteiger partial charge in [-0.15, -0.1) is 0 Å². The Bertz CT molecular complexity index is 1050. The third kappa shape index (κ3) is 3.68. The summed E-state index contributed by atoms with van der Waals surface area (Å²) in [7, 11) is 0. The summed E-state index contributed by atoms with van der Waals surface area (Å²) in [5, 5.41) is 41.5. The molecule has 148 valence electrons. The van der Waals surface area contributed by atoms with Crippen LogP contribution in [-0.4, -0.2) is 20.1 Å². The maximum absolute atomic E-state index is 14.2. The summed E-state index contributed by atoms with van der Waals surface area (Å²) < 4.78 is 28.3. The largest absolute Gasteiger partial charge is 0.500 e. The maximum Gasteiger partial charge on any atom is 0.314 e. The highest BCUT2D eigenvalue weighted by atomic mass is 19.1. The van der Waals surface area contributed by atoms with Crippen molar-refractivity contribution in [2.45, 2.75) is 5.92 Å². The lowest BCUT2D eigenvalue weighted by Crippen LogP contribution is -2.07. The molecule has 3 aromatic rings. The molecular formula is C19H12F2N2O6. The number of hydrogen-bond donors (Lipinski definition) is 2. The number of hydrogen-bond acceptors (Lipinski definition) is 6. The van der Waals surface area contributed by atoms with Crippen molar-refractivity contribution >= 4 is 11.4 Å². The smallest absolute Gasteiger partial charge is 0.314 e. The zero-order valence-corrected chi connectivity index (χ0v) is 14.5. The van der Waals surface area contributed by atoms with Gasteiger partial charge in [-0.25, -0.2) is 8.78 Å². The third-order valence-corrected chi connectivity index (χ3v) is 4.32. The second-order valence-corrected chi connectivity index (χ2v) is 6.10. The Morgan fingerprint density at radius 3 is 1.52 bits per heavy atom. The van der Waals surface area contributed by atoms with Crippen molar-refractivity contribution in [3.63, 3.8) is 0 Å². The van der Waals surface area contributed by atoms with E-state index in [0.717, 1.165) is 24.3 Å². The van der Waals surface area contributed by atoms with Crippen LogP contribution >= 0.6 is 0 Å². The van der Waals surface area contributed by atoms with Crippen molar-refractivity contribution in [3.8, 4) is 11.5 Å². The zero-order valence-electron chi connectivity index (χ0n) is 14.5. The number of aromatic hydroxyl groups is 2. The first-order valence-electron chi connectivity index (χ1n) is 8.09. The van der Waals surface area contributed by atoms with Crippen LogP contribution in [0.1, 0.15) is 22.6 Å². The number of phenols is 2. The van der Waals surface area contributed by atoms with Crippen LogP contribution in [-0.2, 0) is 0 Å². The molecule has 0 aromatic heterocycles. The van der Waals surface area contributed by atoms with Crippen LogP contribution in [0.3, 0.4) is 0 Å². The summed E-state index contributed by atoms with van der Waals surface area (Å²) >= 11 is 0. The molecule has 3 aromatic carbocycles. The van der Waals surface area contributed by atoms with Gasteiger partial charge in [-0.05, 0) is 28.8 Å². The number of rotatable bonds is 5. The van der Waals surface area contributed by atoms with Gasteiger partial charge in [0.15, 0.2) is 11.6 Å². The van der Waals surface area contributed by atoms with Gasteiger partial charge in [0, 0.05) is 18.1 Å². The highest BCUT2D eigenvalue weighted by Crippen LogP contribution is 2.41. The van der Waals surface area contributed by atoms with E-state index in [1.54, 1.807) is 30.3 Å². The van der Waals surface area contributed by atoms with E-state index in [4.69, 9.17) is 0 Å². The molecule has 0 fully saturated rings. The average molecular weight is 402 g/mol. The molecule has 2 N–H and O–H groups in total. The molecular weight excluding hydrogens is 390 g/mol. The standard InChI is InChI=1S/C19H12F2N2O6/c20-13-6-11(8-15(18(13)24)22(26)27)17(10-4-2-1-3-5-10)12-7-14(21)19(25)16(9-12)23(28)29/h1-9,17,24-25H. The molecule has 0 saturated carbocycles. The third-order valence-electron chi connectivity index (χ3n) is 4.32. The van der Waals surface area contributed by atoms with Crippen molar-refractivity contribution in [3.05, 3.63) is 103 Å². The lowest BCUT2D eigenvalue weighted by atomic mass is 9.84. The lowest BCUT2D eigenvalue weighted by molar-refractivity contribution is -0.386. The summed E-state index contributed by atoms with van der Waals surface area (Å²) in [6.07, 6.45) is 0. The van der Waals surface area contributed by atoms with Gasteiger partial charge >= 0.3 is 11.4 Å². The number of phenolic OH excluding ortho intramolecular Hbond substituents is 2. The Labute approximate surface area is 161 Å². The van der Waals surface area contributed by atoms with Gasteiger partial charge in [-0.1, -0.05) is 30.3 Å². The summed E-state index contributed by atoms with van der Waals surface area (Å²) in [6.45, 7) is 0. The first-order chi connectivity index (χ1) is 13.7. The van der Waals surface area contributed by atoms with Crippen LogP contribution in [0.25, 0.3) is 0 Å². The van der Waals surface area contributed by atoms with E-state index in [-0.39, 0.29) is 11.1 Å². The van der Waals surface area contributed by atoms with Gasteiger partial charge in [0.25, 0.3) is 0 Å². The molecule has 0 unspecified atom stereocenters. The molecule has 10 heteroatoms. The molecule has 0 heterocycles. The van der Waals surface area contributed by atoms with Crippen LogP contribution in [0.5, 0.6) is 11.5 Å². The van der Waals surface area contributed by atoms with E-state index in [9.17, 15) is 39.2 Å². The molecule has 8 nitrogen and oxygen atoms in total. The molecule has 0 bridgehead atoms. The molecule has 0 amide bonds. The van der Waals surface area contributed by atoms with Gasteiger partial charge < -0.3 is 10.2 Å². The van der Waals surface area contributed by atoms with Gasteiger partial charge in [-0.3, -0.25) is 20.2 Å². The van der Waals surface area contributed by atoms with Crippen molar-refractivity contribution in [2.75, 3.05) is 0 Å². The topological polar surface area (TPSA) is 127 Å². The molecule has 0 spiro atoms. The first kappa shape index (κ1) is 19.7.